The molecule has 2 nitrogen and oxygen atoms in total. The minimum atomic E-state index is -4.49. The SMILES string of the molecule is CCC/C=C(\c1ccc(C#N)cc1C)C(N)C(F)(F)F.CCc1cc(F)cc(F)c1. The second kappa shape index (κ2) is 11.5. The number of unbranched alkanes of at least 4 members (excludes halogenated alkanes) is 1. The Morgan fingerprint density at radius 2 is 1.70 bits per heavy atom. The largest absolute Gasteiger partial charge is 0.407 e. The number of benzene rings is 2. The summed E-state index contributed by atoms with van der Waals surface area (Å²) in [5.74, 6) is -1.01. The minimum Gasteiger partial charge on any atom is -0.316 e. The molecule has 1 atom stereocenters. The number of rotatable bonds is 5. The van der Waals surface area contributed by atoms with Gasteiger partial charge in [-0.2, -0.15) is 18.4 Å². The van der Waals surface area contributed by atoms with Crippen LogP contribution in [-0.4, -0.2) is 12.2 Å². The Morgan fingerprint density at radius 3 is 2.13 bits per heavy atom. The molecule has 0 aliphatic heterocycles. The number of nitrogens with zero attached hydrogens (tertiary/aromatic N) is 1. The lowest BCUT2D eigenvalue weighted by atomic mass is 9.92. The van der Waals surface area contributed by atoms with Gasteiger partial charge in [0.15, 0.2) is 0 Å². The monoisotopic (exact) mass is 424 g/mol. The number of nitrogens with two attached hydrogens (primary N) is 1. The molecule has 0 aliphatic carbocycles. The average molecular weight is 424 g/mol. The summed E-state index contributed by atoms with van der Waals surface area (Å²) in [7, 11) is 0. The molecule has 0 heterocycles. The number of hydrogen-bond acceptors (Lipinski definition) is 2. The second-order valence-electron chi connectivity index (χ2n) is 6.74. The van der Waals surface area contributed by atoms with E-state index in [1.165, 1.54) is 30.3 Å². The van der Waals surface area contributed by atoms with Crippen molar-refractivity contribution in [3.05, 3.63) is 76.4 Å². The fraction of sp³-hybridized carbons (Fsp3) is 0.348. The van der Waals surface area contributed by atoms with Gasteiger partial charge >= 0.3 is 6.18 Å². The number of allylic oxidation sites excluding steroid dienone is 1. The molecule has 1 unspecified atom stereocenters. The Bertz CT molecular complexity index is 891. The van der Waals surface area contributed by atoms with Gasteiger partial charge in [0.25, 0.3) is 0 Å². The molecule has 0 bridgehead atoms. The van der Waals surface area contributed by atoms with E-state index in [9.17, 15) is 22.0 Å². The molecule has 2 aromatic rings. The van der Waals surface area contributed by atoms with Gasteiger partial charge in [-0.15, -0.1) is 0 Å². The molecule has 2 aromatic carbocycles. The molecular weight excluding hydrogens is 399 g/mol. The van der Waals surface area contributed by atoms with Crippen LogP contribution in [0.25, 0.3) is 5.57 Å². The van der Waals surface area contributed by atoms with E-state index in [0.29, 0.717) is 35.1 Å². The third-order valence-electron chi connectivity index (χ3n) is 4.34. The van der Waals surface area contributed by atoms with Crippen LogP contribution in [0.4, 0.5) is 22.0 Å². The lowest BCUT2D eigenvalue weighted by molar-refractivity contribution is -0.134. The van der Waals surface area contributed by atoms with E-state index >= 15 is 0 Å². The zero-order valence-corrected chi connectivity index (χ0v) is 17.2. The van der Waals surface area contributed by atoms with Crippen LogP contribution < -0.4 is 5.73 Å². The molecular formula is C23H25F5N2. The molecule has 162 valence electrons. The van der Waals surface area contributed by atoms with Crippen LogP contribution in [0.3, 0.4) is 0 Å². The standard InChI is InChI=1S/C15H17F3N2.C8H8F2/c1-3-4-5-13(14(20)15(16,17)18)12-7-6-11(9-19)8-10(12)2;1-2-6-3-7(9)5-8(10)4-6/h5-8,14H,3-4,20H2,1-2H3;3-5H,2H2,1H3/b13-5+;. The summed E-state index contributed by atoms with van der Waals surface area (Å²) in [6.45, 7) is 5.42. The highest BCUT2D eigenvalue weighted by Gasteiger charge is 2.39. The molecule has 0 aromatic heterocycles. The van der Waals surface area contributed by atoms with Crippen LogP contribution in [0.15, 0.2) is 42.5 Å². The van der Waals surface area contributed by atoms with E-state index in [0.717, 1.165) is 12.5 Å². The molecule has 2 rings (SSSR count). The van der Waals surface area contributed by atoms with Gasteiger partial charge < -0.3 is 5.73 Å². The van der Waals surface area contributed by atoms with Crippen LogP contribution in [0.2, 0.25) is 0 Å². The number of aryl methyl sites for hydroxylation is 2. The summed E-state index contributed by atoms with van der Waals surface area (Å²) in [6.07, 6.45) is -1.02. The predicted molar refractivity (Wildman–Crippen MR) is 109 cm³/mol. The van der Waals surface area contributed by atoms with Gasteiger partial charge in [-0.1, -0.05) is 32.4 Å². The Balaban J connectivity index is 0.000000375. The van der Waals surface area contributed by atoms with Crippen molar-refractivity contribution in [1.82, 2.24) is 0 Å². The molecule has 0 fully saturated rings. The summed E-state index contributed by atoms with van der Waals surface area (Å²) in [4.78, 5) is 0. The molecule has 0 saturated heterocycles. The normalized spacial score (nSPS) is 12.6. The van der Waals surface area contributed by atoms with Gasteiger partial charge in [-0.25, -0.2) is 8.78 Å². The van der Waals surface area contributed by atoms with E-state index in [-0.39, 0.29) is 5.57 Å². The lowest BCUT2D eigenvalue weighted by Crippen LogP contribution is -2.38. The van der Waals surface area contributed by atoms with Crippen LogP contribution >= 0.6 is 0 Å². The first-order valence-corrected chi connectivity index (χ1v) is 9.51. The molecule has 0 radical (unpaired) electrons. The van der Waals surface area contributed by atoms with Crippen LogP contribution in [0.5, 0.6) is 0 Å². The zero-order valence-electron chi connectivity index (χ0n) is 17.2. The first kappa shape index (κ1) is 25.3. The van der Waals surface area contributed by atoms with Crippen molar-refractivity contribution in [3.8, 4) is 6.07 Å². The predicted octanol–water partition coefficient (Wildman–Crippen LogP) is 6.47. The molecule has 0 spiro atoms. The van der Waals surface area contributed by atoms with E-state index in [2.05, 4.69) is 0 Å². The zero-order chi connectivity index (χ0) is 22.9. The maximum atomic E-state index is 12.9. The third-order valence-corrected chi connectivity index (χ3v) is 4.34. The first-order chi connectivity index (χ1) is 14.0. The average Bonchev–Trinajstić information content (AvgIpc) is 2.67. The van der Waals surface area contributed by atoms with Crippen molar-refractivity contribution in [3.63, 3.8) is 0 Å². The highest BCUT2D eigenvalue weighted by molar-refractivity contribution is 5.73. The number of hydrogen-bond donors (Lipinski definition) is 1. The van der Waals surface area contributed by atoms with Gasteiger partial charge in [0.2, 0.25) is 0 Å². The maximum absolute atomic E-state index is 12.9. The molecule has 0 aliphatic rings. The first-order valence-electron chi connectivity index (χ1n) is 9.51. The molecule has 0 saturated carbocycles. The Kier molecular flexibility index (Phi) is 9.67. The molecule has 0 amide bonds. The number of halogens is 5. The van der Waals surface area contributed by atoms with Crippen molar-refractivity contribution in [2.75, 3.05) is 0 Å². The number of nitriles is 1. The third kappa shape index (κ3) is 7.60. The fourth-order valence-electron chi connectivity index (χ4n) is 2.75. The van der Waals surface area contributed by atoms with Gasteiger partial charge in [0.1, 0.15) is 17.7 Å². The van der Waals surface area contributed by atoms with Crippen molar-refractivity contribution in [1.29, 1.82) is 5.26 Å². The molecule has 7 heteroatoms. The van der Waals surface area contributed by atoms with Crippen molar-refractivity contribution < 1.29 is 22.0 Å². The van der Waals surface area contributed by atoms with Crippen molar-refractivity contribution in [2.24, 2.45) is 5.73 Å². The minimum absolute atomic E-state index is 0.0707. The molecule has 30 heavy (non-hydrogen) atoms. The van der Waals surface area contributed by atoms with E-state index < -0.39 is 23.9 Å². The highest BCUT2D eigenvalue weighted by atomic mass is 19.4. The highest BCUT2D eigenvalue weighted by Crippen LogP contribution is 2.32. The van der Waals surface area contributed by atoms with Gasteiger partial charge in [0, 0.05) is 6.07 Å². The Morgan fingerprint density at radius 1 is 1.10 bits per heavy atom. The second-order valence-corrected chi connectivity index (χ2v) is 6.74. The fourth-order valence-corrected chi connectivity index (χ4v) is 2.75. The van der Waals surface area contributed by atoms with Crippen LogP contribution in [0, 0.1) is 29.9 Å². The van der Waals surface area contributed by atoms with Gasteiger partial charge in [0.05, 0.1) is 11.6 Å². The Hall–Kier alpha value is -2.72. The summed E-state index contributed by atoms with van der Waals surface area (Å²) < 4.78 is 63.4. The smallest absolute Gasteiger partial charge is 0.316 e. The van der Waals surface area contributed by atoms with Crippen LogP contribution in [0.1, 0.15) is 48.9 Å². The Labute approximate surface area is 173 Å². The summed E-state index contributed by atoms with van der Waals surface area (Å²) >= 11 is 0. The molecule has 2 N–H and O–H groups in total. The topological polar surface area (TPSA) is 49.8 Å². The summed E-state index contributed by atoms with van der Waals surface area (Å²) in [5, 5.41) is 8.80. The maximum Gasteiger partial charge on any atom is 0.407 e. The van der Waals surface area contributed by atoms with Crippen molar-refractivity contribution in [2.45, 2.75) is 52.3 Å². The summed E-state index contributed by atoms with van der Waals surface area (Å²) in [5.41, 5.74) is 7.59. The van der Waals surface area contributed by atoms with Gasteiger partial charge in [-0.3, -0.25) is 0 Å². The van der Waals surface area contributed by atoms with E-state index in [1.807, 2.05) is 19.9 Å². The van der Waals surface area contributed by atoms with E-state index in [1.54, 1.807) is 13.0 Å². The lowest BCUT2D eigenvalue weighted by Gasteiger charge is -2.21. The number of alkyl halides is 3. The van der Waals surface area contributed by atoms with Crippen molar-refractivity contribution >= 4 is 5.57 Å². The van der Waals surface area contributed by atoms with Gasteiger partial charge in [-0.05, 0) is 66.3 Å². The van der Waals surface area contributed by atoms with Crippen LogP contribution in [-0.2, 0) is 6.42 Å². The van der Waals surface area contributed by atoms with E-state index in [4.69, 9.17) is 11.0 Å². The summed E-state index contributed by atoms with van der Waals surface area (Å²) in [6, 6.07) is 8.10. The quantitative estimate of drug-likeness (QED) is 0.560.